The van der Waals surface area contributed by atoms with Crippen LogP contribution in [-0.2, 0) is 0 Å². The van der Waals surface area contributed by atoms with Gasteiger partial charge in [-0.2, -0.15) is 0 Å². The summed E-state index contributed by atoms with van der Waals surface area (Å²) in [6.45, 7) is 0. The molecule has 0 saturated heterocycles. The predicted octanol–water partition coefficient (Wildman–Crippen LogP) is 4.15. The first-order chi connectivity index (χ1) is 10.1. The van der Waals surface area contributed by atoms with E-state index in [0.29, 0.717) is 29.0 Å². The summed E-state index contributed by atoms with van der Waals surface area (Å²) < 4.78 is 25.3. The highest BCUT2D eigenvalue weighted by molar-refractivity contribution is 9.10. The molecule has 1 aliphatic rings. The monoisotopic (exact) mass is 352 g/mol. The van der Waals surface area contributed by atoms with Crippen LogP contribution in [0.2, 0.25) is 0 Å². The van der Waals surface area contributed by atoms with Gasteiger partial charge in [-0.25, -0.2) is 4.39 Å². The van der Waals surface area contributed by atoms with Crippen molar-refractivity contribution in [2.45, 2.75) is 18.6 Å². The molecule has 110 valence electrons. The Morgan fingerprint density at radius 2 is 2.05 bits per heavy atom. The summed E-state index contributed by atoms with van der Waals surface area (Å²) in [5, 5.41) is 10.3. The van der Waals surface area contributed by atoms with Gasteiger partial charge in [-0.1, -0.05) is 15.9 Å². The zero-order chi connectivity index (χ0) is 15.0. The number of benzene rings is 2. The molecule has 21 heavy (non-hydrogen) atoms. The largest absolute Gasteiger partial charge is 0.497 e. The van der Waals surface area contributed by atoms with E-state index >= 15 is 0 Å². The van der Waals surface area contributed by atoms with Crippen molar-refractivity contribution < 1.29 is 19.0 Å². The van der Waals surface area contributed by atoms with Crippen molar-refractivity contribution in [2.75, 3.05) is 7.11 Å². The van der Waals surface area contributed by atoms with Crippen LogP contribution in [0.4, 0.5) is 4.39 Å². The van der Waals surface area contributed by atoms with Gasteiger partial charge >= 0.3 is 0 Å². The van der Waals surface area contributed by atoms with Crippen LogP contribution in [-0.4, -0.2) is 12.2 Å². The van der Waals surface area contributed by atoms with Gasteiger partial charge in [-0.05, 0) is 36.4 Å². The van der Waals surface area contributed by atoms with E-state index in [1.54, 1.807) is 31.4 Å². The first kappa shape index (κ1) is 14.4. The Bertz CT molecular complexity index is 675. The molecule has 5 heteroatoms. The highest BCUT2D eigenvalue weighted by Crippen LogP contribution is 2.43. The fourth-order valence-electron chi connectivity index (χ4n) is 2.50. The SMILES string of the molecule is COc1ccc2c(c1)[C@@H](O)CC(c1cc(F)ccc1Br)O2. The lowest BCUT2D eigenvalue weighted by molar-refractivity contribution is 0.0650. The third kappa shape index (κ3) is 2.76. The molecule has 2 atom stereocenters. The Balaban J connectivity index is 1.96. The highest BCUT2D eigenvalue weighted by atomic mass is 79.9. The molecule has 3 rings (SSSR count). The van der Waals surface area contributed by atoms with Gasteiger partial charge in [-0.15, -0.1) is 0 Å². The predicted molar refractivity (Wildman–Crippen MR) is 80.0 cm³/mol. The Hall–Kier alpha value is -1.59. The fraction of sp³-hybridized carbons (Fsp3) is 0.250. The number of fused-ring (bicyclic) bond motifs is 1. The lowest BCUT2D eigenvalue weighted by Gasteiger charge is -2.30. The average Bonchev–Trinajstić information content (AvgIpc) is 2.49. The molecule has 1 unspecified atom stereocenters. The second-order valence-corrected chi connectivity index (χ2v) is 5.78. The van der Waals surface area contributed by atoms with Gasteiger partial charge in [0.05, 0.1) is 13.2 Å². The van der Waals surface area contributed by atoms with Crippen LogP contribution in [0, 0.1) is 5.82 Å². The number of halogens is 2. The van der Waals surface area contributed by atoms with E-state index in [4.69, 9.17) is 9.47 Å². The van der Waals surface area contributed by atoms with Gasteiger partial charge in [0.25, 0.3) is 0 Å². The number of aliphatic hydroxyl groups excluding tert-OH is 1. The maximum atomic E-state index is 13.4. The smallest absolute Gasteiger partial charge is 0.128 e. The van der Waals surface area contributed by atoms with Gasteiger partial charge in [0.15, 0.2) is 0 Å². The molecule has 2 aromatic rings. The van der Waals surface area contributed by atoms with Crippen molar-refractivity contribution in [3.05, 3.63) is 57.8 Å². The summed E-state index contributed by atoms with van der Waals surface area (Å²) >= 11 is 3.40. The van der Waals surface area contributed by atoms with E-state index in [9.17, 15) is 9.50 Å². The summed E-state index contributed by atoms with van der Waals surface area (Å²) in [4.78, 5) is 0. The summed E-state index contributed by atoms with van der Waals surface area (Å²) in [5.41, 5.74) is 1.38. The van der Waals surface area contributed by atoms with Gasteiger partial charge in [0, 0.05) is 22.0 Å². The van der Waals surface area contributed by atoms with Crippen molar-refractivity contribution in [3.63, 3.8) is 0 Å². The van der Waals surface area contributed by atoms with Gasteiger partial charge < -0.3 is 14.6 Å². The maximum Gasteiger partial charge on any atom is 0.128 e. The standard InChI is InChI=1S/C16H14BrFO3/c1-20-10-3-5-15-12(7-10)14(19)8-16(21-15)11-6-9(18)2-4-13(11)17/h2-7,14,16,19H,8H2,1H3/t14-,16?/m0/s1. The molecule has 0 aliphatic carbocycles. The highest BCUT2D eigenvalue weighted by Gasteiger charge is 2.29. The van der Waals surface area contributed by atoms with Crippen LogP contribution < -0.4 is 9.47 Å². The molecule has 0 bridgehead atoms. The summed E-state index contributed by atoms with van der Waals surface area (Å²) in [6, 6.07) is 9.74. The van der Waals surface area contributed by atoms with Gasteiger partial charge in [0.1, 0.15) is 23.4 Å². The molecule has 0 fully saturated rings. The lowest BCUT2D eigenvalue weighted by atomic mass is 9.95. The zero-order valence-electron chi connectivity index (χ0n) is 11.3. The summed E-state index contributed by atoms with van der Waals surface area (Å²) in [6.07, 6.45) is -0.711. The quantitative estimate of drug-likeness (QED) is 0.882. The molecule has 2 aromatic carbocycles. The van der Waals surface area contributed by atoms with Crippen molar-refractivity contribution in [2.24, 2.45) is 0 Å². The van der Waals surface area contributed by atoms with E-state index in [0.717, 1.165) is 4.47 Å². The maximum absolute atomic E-state index is 13.4. The Labute approximate surface area is 130 Å². The van der Waals surface area contributed by atoms with E-state index in [1.807, 2.05) is 0 Å². The minimum atomic E-state index is -0.677. The molecule has 0 saturated carbocycles. The number of ether oxygens (including phenoxy) is 2. The van der Waals surface area contributed by atoms with E-state index in [2.05, 4.69) is 15.9 Å². The van der Waals surface area contributed by atoms with Crippen molar-refractivity contribution >= 4 is 15.9 Å². The molecule has 0 spiro atoms. The van der Waals surface area contributed by atoms with Crippen molar-refractivity contribution in [3.8, 4) is 11.5 Å². The molecule has 1 N–H and O–H groups in total. The average molecular weight is 353 g/mol. The molecular weight excluding hydrogens is 339 g/mol. The van der Waals surface area contributed by atoms with Gasteiger partial charge in [0.2, 0.25) is 0 Å². The Morgan fingerprint density at radius 3 is 2.81 bits per heavy atom. The second-order valence-electron chi connectivity index (χ2n) is 4.93. The normalized spacial score (nSPS) is 20.6. The third-order valence-electron chi connectivity index (χ3n) is 3.59. The number of rotatable bonds is 2. The van der Waals surface area contributed by atoms with E-state index < -0.39 is 12.2 Å². The minimum absolute atomic E-state index is 0.327. The zero-order valence-corrected chi connectivity index (χ0v) is 12.9. The Morgan fingerprint density at radius 1 is 1.24 bits per heavy atom. The van der Waals surface area contributed by atoms with Crippen LogP contribution in [0.3, 0.4) is 0 Å². The number of methoxy groups -OCH3 is 1. The van der Waals surface area contributed by atoms with Crippen LogP contribution >= 0.6 is 15.9 Å². The van der Waals surface area contributed by atoms with Crippen molar-refractivity contribution in [1.29, 1.82) is 0 Å². The van der Waals surface area contributed by atoms with Crippen molar-refractivity contribution in [1.82, 2.24) is 0 Å². The first-order valence-electron chi connectivity index (χ1n) is 6.56. The number of hydrogen-bond donors (Lipinski definition) is 1. The Kier molecular flexibility index (Phi) is 3.87. The van der Waals surface area contributed by atoms with Crippen LogP contribution in [0.15, 0.2) is 40.9 Å². The lowest BCUT2D eigenvalue weighted by Crippen LogP contribution is -2.19. The van der Waals surface area contributed by atoms with Crippen LogP contribution in [0.1, 0.15) is 29.8 Å². The fourth-order valence-corrected chi connectivity index (χ4v) is 3.01. The van der Waals surface area contributed by atoms with Gasteiger partial charge in [-0.3, -0.25) is 0 Å². The first-order valence-corrected chi connectivity index (χ1v) is 7.35. The second kappa shape index (κ2) is 5.66. The van der Waals surface area contributed by atoms with Crippen LogP contribution in [0.25, 0.3) is 0 Å². The molecule has 0 aromatic heterocycles. The summed E-state index contributed by atoms with van der Waals surface area (Å²) in [5.74, 6) is 0.935. The topological polar surface area (TPSA) is 38.7 Å². The van der Waals surface area contributed by atoms with Crippen LogP contribution in [0.5, 0.6) is 11.5 Å². The molecular formula is C16H14BrFO3. The molecule has 0 amide bonds. The minimum Gasteiger partial charge on any atom is -0.497 e. The summed E-state index contributed by atoms with van der Waals surface area (Å²) in [7, 11) is 1.57. The van der Waals surface area contributed by atoms with E-state index in [1.165, 1.54) is 12.1 Å². The molecule has 1 aliphatic heterocycles. The third-order valence-corrected chi connectivity index (χ3v) is 4.31. The number of hydrogen-bond acceptors (Lipinski definition) is 3. The molecule has 1 heterocycles. The molecule has 3 nitrogen and oxygen atoms in total. The number of aliphatic hydroxyl groups is 1. The van der Waals surface area contributed by atoms with E-state index in [-0.39, 0.29) is 5.82 Å². The molecule has 0 radical (unpaired) electrons.